The van der Waals surface area contributed by atoms with Crippen LogP contribution < -0.4 is 5.32 Å². The zero-order valence-electron chi connectivity index (χ0n) is 10.3. The summed E-state index contributed by atoms with van der Waals surface area (Å²) in [6.45, 7) is 5.45. The molecule has 16 heavy (non-hydrogen) atoms. The Morgan fingerprint density at radius 1 is 1.31 bits per heavy atom. The topological polar surface area (TPSA) is 17.0 Å². The SMILES string of the molecule is CCn1ccc2cccc(CC(C)NC)c21. The van der Waals surface area contributed by atoms with E-state index < -0.39 is 0 Å². The van der Waals surface area contributed by atoms with E-state index in [1.54, 1.807) is 0 Å². The van der Waals surface area contributed by atoms with Gasteiger partial charge in [-0.15, -0.1) is 0 Å². The molecule has 0 bridgehead atoms. The lowest BCUT2D eigenvalue weighted by molar-refractivity contribution is 0.608. The van der Waals surface area contributed by atoms with Crippen molar-refractivity contribution < 1.29 is 0 Å². The van der Waals surface area contributed by atoms with Crippen molar-refractivity contribution in [3.05, 3.63) is 36.0 Å². The maximum absolute atomic E-state index is 3.30. The molecule has 0 radical (unpaired) electrons. The number of nitrogens with one attached hydrogen (secondary N) is 1. The Morgan fingerprint density at radius 2 is 2.12 bits per heavy atom. The van der Waals surface area contributed by atoms with Crippen LogP contribution in [0, 0.1) is 0 Å². The van der Waals surface area contributed by atoms with E-state index in [-0.39, 0.29) is 0 Å². The molecule has 2 aromatic rings. The molecule has 1 heterocycles. The van der Waals surface area contributed by atoms with E-state index in [4.69, 9.17) is 0 Å². The number of fused-ring (bicyclic) bond motifs is 1. The van der Waals surface area contributed by atoms with Gasteiger partial charge in [-0.25, -0.2) is 0 Å². The van der Waals surface area contributed by atoms with Gasteiger partial charge < -0.3 is 9.88 Å². The highest BCUT2D eigenvalue weighted by Gasteiger charge is 2.08. The summed E-state index contributed by atoms with van der Waals surface area (Å²) in [5, 5.41) is 4.65. The van der Waals surface area contributed by atoms with Gasteiger partial charge in [0.1, 0.15) is 0 Å². The van der Waals surface area contributed by atoms with Gasteiger partial charge in [0.15, 0.2) is 0 Å². The van der Waals surface area contributed by atoms with Crippen LogP contribution in [-0.2, 0) is 13.0 Å². The third kappa shape index (κ3) is 1.98. The second-order valence-electron chi connectivity index (χ2n) is 4.35. The molecule has 0 fully saturated rings. The molecule has 0 saturated carbocycles. The minimum Gasteiger partial charge on any atom is -0.348 e. The number of hydrogen-bond acceptors (Lipinski definition) is 1. The van der Waals surface area contributed by atoms with Crippen molar-refractivity contribution in [1.82, 2.24) is 9.88 Å². The normalized spacial score (nSPS) is 13.2. The van der Waals surface area contributed by atoms with Crippen molar-refractivity contribution in [2.24, 2.45) is 0 Å². The molecule has 1 N–H and O–H groups in total. The largest absolute Gasteiger partial charge is 0.348 e. The third-order valence-electron chi connectivity index (χ3n) is 3.23. The number of aryl methyl sites for hydroxylation is 1. The minimum absolute atomic E-state index is 0.519. The van der Waals surface area contributed by atoms with Crippen molar-refractivity contribution in [2.75, 3.05) is 7.05 Å². The lowest BCUT2D eigenvalue weighted by atomic mass is 10.0. The van der Waals surface area contributed by atoms with Gasteiger partial charge in [-0.1, -0.05) is 18.2 Å². The van der Waals surface area contributed by atoms with E-state index in [1.165, 1.54) is 16.5 Å². The van der Waals surface area contributed by atoms with Crippen molar-refractivity contribution in [3.63, 3.8) is 0 Å². The molecule has 1 aromatic carbocycles. The second kappa shape index (κ2) is 4.71. The Bertz CT molecular complexity index is 471. The number of hydrogen-bond donors (Lipinski definition) is 1. The monoisotopic (exact) mass is 216 g/mol. The van der Waals surface area contributed by atoms with Gasteiger partial charge in [0.2, 0.25) is 0 Å². The van der Waals surface area contributed by atoms with Crippen molar-refractivity contribution in [1.29, 1.82) is 0 Å². The molecule has 0 saturated heterocycles. The summed E-state index contributed by atoms with van der Waals surface area (Å²) in [6.07, 6.45) is 3.26. The van der Waals surface area contributed by atoms with E-state index in [9.17, 15) is 0 Å². The summed E-state index contributed by atoms with van der Waals surface area (Å²) in [6, 6.07) is 9.30. The molecule has 0 aliphatic rings. The Morgan fingerprint density at radius 3 is 2.81 bits per heavy atom. The highest BCUT2D eigenvalue weighted by Crippen LogP contribution is 2.21. The molecule has 2 nitrogen and oxygen atoms in total. The highest BCUT2D eigenvalue weighted by atomic mass is 14.9. The van der Waals surface area contributed by atoms with Gasteiger partial charge in [0, 0.05) is 18.8 Å². The van der Waals surface area contributed by atoms with Crippen LogP contribution in [0.15, 0.2) is 30.5 Å². The Kier molecular flexibility index (Phi) is 3.30. The van der Waals surface area contributed by atoms with E-state index in [0.717, 1.165) is 13.0 Å². The van der Waals surface area contributed by atoms with Gasteiger partial charge in [-0.2, -0.15) is 0 Å². The van der Waals surface area contributed by atoms with Crippen LogP contribution in [0.25, 0.3) is 10.9 Å². The summed E-state index contributed by atoms with van der Waals surface area (Å²) in [5.74, 6) is 0. The van der Waals surface area contributed by atoms with Crippen LogP contribution in [0.5, 0.6) is 0 Å². The molecule has 0 aliphatic carbocycles. The molecule has 1 aromatic heterocycles. The summed E-state index contributed by atoms with van der Waals surface area (Å²) in [4.78, 5) is 0. The van der Waals surface area contributed by atoms with Crippen LogP contribution >= 0.6 is 0 Å². The number of benzene rings is 1. The summed E-state index contributed by atoms with van der Waals surface area (Å²) in [5.41, 5.74) is 2.83. The smallest absolute Gasteiger partial charge is 0.0513 e. The number of nitrogens with zero attached hydrogens (tertiary/aromatic N) is 1. The molecular weight excluding hydrogens is 196 g/mol. The number of rotatable bonds is 4. The van der Waals surface area contributed by atoms with Crippen LogP contribution in [-0.4, -0.2) is 17.7 Å². The number of para-hydroxylation sites is 1. The lowest BCUT2D eigenvalue weighted by Crippen LogP contribution is -2.23. The van der Waals surface area contributed by atoms with Crippen molar-refractivity contribution >= 4 is 10.9 Å². The summed E-state index contributed by atoms with van der Waals surface area (Å²) in [7, 11) is 2.02. The van der Waals surface area contributed by atoms with E-state index in [0.29, 0.717) is 6.04 Å². The van der Waals surface area contributed by atoms with Gasteiger partial charge in [-0.3, -0.25) is 0 Å². The molecule has 1 unspecified atom stereocenters. The van der Waals surface area contributed by atoms with Crippen LogP contribution in [0.4, 0.5) is 0 Å². The predicted molar refractivity (Wildman–Crippen MR) is 69.8 cm³/mol. The molecule has 86 valence electrons. The first-order chi connectivity index (χ1) is 7.76. The molecule has 0 amide bonds. The fourth-order valence-electron chi connectivity index (χ4n) is 2.20. The lowest BCUT2D eigenvalue weighted by Gasteiger charge is -2.13. The van der Waals surface area contributed by atoms with Gasteiger partial charge in [-0.05, 0) is 44.3 Å². The van der Waals surface area contributed by atoms with Crippen molar-refractivity contribution in [3.8, 4) is 0 Å². The highest BCUT2D eigenvalue weighted by molar-refractivity contribution is 5.83. The first-order valence-corrected chi connectivity index (χ1v) is 6.00. The Hall–Kier alpha value is -1.28. The number of aromatic nitrogens is 1. The van der Waals surface area contributed by atoms with Crippen molar-refractivity contribution in [2.45, 2.75) is 32.9 Å². The second-order valence-corrected chi connectivity index (χ2v) is 4.35. The Labute approximate surface area is 97.3 Å². The van der Waals surface area contributed by atoms with Gasteiger partial charge in [0.05, 0.1) is 5.52 Å². The predicted octanol–water partition coefficient (Wildman–Crippen LogP) is 2.81. The zero-order chi connectivity index (χ0) is 11.5. The van der Waals surface area contributed by atoms with E-state index in [1.807, 2.05) is 7.05 Å². The van der Waals surface area contributed by atoms with E-state index >= 15 is 0 Å². The van der Waals surface area contributed by atoms with E-state index in [2.05, 4.69) is 54.2 Å². The fraction of sp³-hybridized carbons (Fsp3) is 0.429. The molecule has 2 heteroatoms. The van der Waals surface area contributed by atoms with Crippen LogP contribution in [0.3, 0.4) is 0 Å². The fourth-order valence-corrected chi connectivity index (χ4v) is 2.20. The first-order valence-electron chi connectivity index (χ1n) is 6.00. The first kappa shape index (κ1) is 11.2. The maximum atomic E-state index is 3.30. The number of likely N-dealkylation sites (N-methyl/N-ethyl adjacent to an activating group) is 1. The molecule has 0 spiro atoms. The van der Waals surface area contributed by atoms with Crippen LogP contribution in [0.1, 0.15) is 19.4 Å². The molecular formula is C14H20N2. The minimum atomic E-state index is 0.519. The quantitative estimate of drug-likeness (QED) is 0.831. The third-order valence-corrected chi connectivity index (χ3v) is 3.23. The average molecular weight is 216 g/mol. The zero-order valence-corrected chi connectivity index (χ0v) is 10.3. The van der Waals surface area contributed by atoms with Gasteiger partial charge in [0.25, 0.3) is 0 Å². The van der Waals surface area contributed by atoms with Crippen LogP contribution in [0.2, 0.25) is 0 Å². The summed E-state index contributed by atoms with van der Waals surface area (Å²) < 4.78 is 2.33. The van der Waals surface area contributed by atoms with Gasteiger partial charge >= 0.3 is 0 Å². The molecule has 0 aliphatic heterocycles. The standard InChI is InChI=1S/C14H20N2/c1-4-16-9-8-12-6-5-7-13(14(12)16)10-11(2)15-3/h5-9,11,15H,4,10H2,1-3H3. The Balaban J connectivity index is 2.46. The molecule has 2 rings (SSSR count). The molecule has 1 atom stereocenters. The maximum Gasteiger partial charge on any atom is 0.0513 e. The average Bonchev–Trinajstić information content (AvgIpc) is 2.73. The summed E-state index contributed by atoms with van der Waals surface area (Å²) >= 11 is 0.